The van der Waals surface area contributed by atoms with Crippen LogP contribution in [0.15, 0.2) is 46.2 Å². The Morgan fingerprint density at radius 2 is 1.19 bits per heavy atom. The summed E-state index contributed by atoms with van der Waals surface area (Å²) < 4.78 is 117. The number of rotatable bonds is 8. The average Bonchev–Trinajstić information content (AvgIpc) is 2.74. The molecule has 2 aromatic carbocycles. The van der Waals surface area contributed by atoms with Crippen molar-refractivity contribution in [1.82, 2.24) is 9.44 Å². The second kappa shape index (κ2) is 9.06. The van der Waals surface area contributed by atoms with Crippen molar-refractivity contribution in [2.75, 3.05) is 0 Å². The standard InChI is InChI=1S/C18H18N2O12S4/c1-9(35(27,28)29)19-33(23,24)11-6-7-12-14(8-11)17(21)13-4-3-5-15(16(13)18(12)22)34(25,26)20-10(2)36(30,31)32/h3-10,19-20H,1-2H3,(H,27,28,29)(H,30,31,32). The van der Waals surface area contributed by atoms with Crippen molar-refractivity contribution in [3.63, 3.8) is 0 Å². The highest BCUT2D eigenvalue weighted by Crippen LogP contribution is 2.33. The molecular weight excluding hydrogens is 564 g/mol. The molecule has 14 nitrogen and oxygen atoms in total. The van der Waals surface area contributed by atoms with Crippen molar-refractivity contribution in [1.29, 1.82) is 0 Å². The van der Waals surface area contributed by atoms with Crippen LogP contribution in [0.4, 0.5) is 0 Å². The Morgan fingerprint density at radius 1 is 0.667 bits per heavy atom. The van der Waals surface area contributed by atoms with Gasteiger partial charge < -0.3 is 0 Å². The zero-order valence-corrected chi connectivity index (χ0v) is 21.5. The van der Waals surface area contributed by atoms with Gasteiger partial charge in [-0.05, 0) is 38.1 Å². The molecule has 1 aliphatic carbocycles. The first-order valence-corrected chi connectivity index (χ1v) is 15.6. The summed E-state index contributed by atoms with van der Waals surface area (Å²) in [7, 11) is -19.0. The van der Waals surface area contributed by atoms with Gasteiger partial charge in [-0.1, -0.05) is 12.1 Å². The number of sulfonamides is 2. The molecule has 0 saturated heterocycles. The van der Waals surface area contributed by atoms with Crippen molar-refractivity contribution in [3.8, 4) is 0 Å². The van der Waals surface area contributed by atoms with Crippen LogP contribution in [0.1, 0.15) is 45.7 Å². The number of ketones is 2. The Morgan fingerprint density at radius 3 is 1.72 bits per heavy atom. The van der Waals surface area contributed by atoms with Gasteiger partial charge in [0.25, 0.3) is 20.2 Å². The van der Waals surface area contributed by atoms with Gasteiger partial charge in [0.1, 0.15) is 10.7 Å². The number of fused-ring (bicyclic) bond motifs is 2. The van der Waals surface area contributed by atoms with Gasteiger partial charge in [0.2, 0.25) is 20.0 Å². The zero-order valence-electron chi connectivity index (χ0n) is 18.2. The van der Waals surface area contributed by atoms with Gasteiger partial charge in [-0.3, -0.25) is 18.7 Å². The summed E-state index contributed by atoms with van der Waals surface area (Å²) in [4.78, 5) is 24.9. The molecule has 0 heterocycles. The van der Waals surface area contributed by atoms with Gasteiger partial charge in [0, 0.05) is 16.7 Å². The molecule has 4 N–H and O–H groups in total. The molecule has 0 fully saturated rings. The smallest absolute Gasteiger partial charge is 0.281 e. The van der Waals surface area contributed by atoms with Crippen molar-refractivity contribution < 1.29 is 52.4 Å². The van der Waals surface area contributed by atoms with Crippen LogP contribution >= 0.6 is 0 Å². The summed E-state index contributed by atoms with van der Waals surface area (Å²) in [5, 5.41) is -3.91. The molecule has 3 rings (SSSR count). The van der Waals surface area contributed by atoms with Crippen molar-refractivity contribution >= 4 is 51.8 Å². The van der Waals surface area contributed by atoms with Crippen LogP contribution in [0, 0.1) is 0 Å². The third-order valence-electron chi connectivity index (χ3n) is 5.11. The van der Waals surface area contributed by atoms with E-state index in [2.05, 4.69) is 0 Å². The maximum Gasteiger partial charge on any atom is 0.281 e. The molecule has 0 saturated carbocycles. The fraction of sp³-hybridized carbons (Fsp3) is 0.222. The van der Waals surface area contributed by atoms with Crippen LogP contribution in [0.25, 0.3) is 0 Å². The molecule has 0 radical (unpaired) electrons. The first kappa shape index (κ1) is 28.0. The molecule has 196 valence electrons. The highest BCUT2D eigenvalue weighted by molar-refractivity contribution is 7.92. The predicted molar refractivity (Wildman–Crippen MR) is 122 cm³/mol. The predicted octanol–water partition coefficient (Wildman–Crippen LogP) is -0.514. The third-order valence-corrected chi connectivity index (χ3v) is 10.6. The normalized spacial score (nSPS) is 16.2. The maximum absolute atomic E-state index is 13.2. The fourth-order valence-corrected chi connectivity index (χ4v) is 7.34. The lowest BCUT2D eigenvalue weighted by molar-refractivity contribution is 0.0976. The zero-order chi connectivity index (χ0) is 27.4. The van der Waals surface area contributed by atoms with Crippen LogP contribution < -0.4 is 9.44 Å². The monoisotopic (exact) mass is 582 g/mol. The highest BCUT2D eigenvalue weighted by atomic mass is 32.2. The molecule has 1 aliphatic rings. The van der Waals surface area contributed by atoms with Gasteiger partial charge in [-0.15, -0.1) is 0 Å². The Bertz CT molecular complexity index is 1720. The van der Waals surface area contributed by atoms with Crippen LogP contribution in [0.2, 0.25) is 0 Å². The number of carbonyl (C=O) groups excluding carboxylic acids is 2. The van der Waals surface area contributed by atoms with E-state index in [0.717, 1.165) is 50.2 Å². The topological polar surface area (TPSA) is 235 Å². The minimum atomic E-state index is -4.83. The molecule has 2 aromatic rings. The van der Waals surface area contributed by atoms with Crippen molar-refractivity contribution in [2.24, 2.45) is 0 Å². The van der Waals surface area contributed by atoms with Crippen LogP contribution in [0.3, 0.4) is 0 Å². The van der Waals surface area contributed by atoms with Crippen molar-refractivity contribution in [3.05, 3.63) is 58.7 Å². The molecule has 2 atom stereocenters. The van der Waals surface area contributed by atoms with E-state index in [0.29, 0.717) is 0 Å². The molecular formula is C18H18N2O12S4. The lowest BCUT2D eigenvalue weighted by Gasteiger charge is -2.21. The summed E-state index contributed by atoms with van der Waals surface area (Å²) in [6.45, 7) is 1.69. The van der Waals surface area contributed by atoms with E-state index in [1.807, 2.05) is 0 Å². The average molecular weight is 583 g/mol. The van der Waals surface area contributed by atoms with Crippen LogP contribution in [0.5, 0.6) is 0 Å². The van der Waals surface area contributed by atoms with Crippen LogP contribution in [-0.2, 0) is 40.3 Å². The fourth-order valence-electron chi connectivity index (χ4n) is 3.22. The molecule has 0 aliphatic heterocycles. The summed E-state index contributed by atoms with van der Waals surface area (Å²) in [6.07, 6.45) is 0. The Labute approximate surface area is 206 Å². The molecule has 0 aromatic heterocycles. The SMILES string of the molecule is CC(NS(=O)(=O)c1ccc2c(c1)C(=O)c1cccc(S(=O)(=O)NC(C)S(=O)(=O)O)c1C2=O)S(=O)(=O)O. The molecule has 0 spiro atoms. The molecule has 0 bridgehead atoms. The number of nitrogens with one attached hydrogen (secondary N) is 2. The van der Waals surface area contributed by atoms with Gasteiger partial charge in [-0.25, -0.2) is 16.8 Å². The summed E-state index contributed by atoms with van der Waals surface area (Å²) >= 11 is 0. The van der Waals surface area contributed by atoms with Gasteiger partial charge in [0.05, 0.1) is 15.4 Å². The first-order valence-electron chi connectivity index (χ1n) is 9.61. The second-order valence-electron chi connectivity index (χ2n) is 7.60. The quantitative estimate of drug-likeness (QED) is 0.246. The van der Waals surface area contributed by atoms with E-state index in [4.69, 9.17) is 9.11 Å². The number of benzene rings is 2. The third kappa shape index (κ3) is 5.25. The molecule has 2 unspecified atom stereocenters. The van der Waals surface area contributed by atoms with E-state index in [-0.39, 0.29) is 5.56 Å². The molecule has 0 amide bonds. The lowest BCUT2D eigenvalue weighted by Crippen LogP contribution is -2.39. The summed E-state index contributed by atoms with van der Waals surface area (Å²) in [6, 6.07) is 5.71. The number of hydrogen-bond donors (Lipinski definition) is 4. The van der Waals surface area contributed by atoms with E-state index < -0.39 is 89.1 Å². The van der Waals surface area contributed by atoms with Gasteiger partial charge >= 0.3 is 0 Å². The van der Waals surface area contributed by atoms with Crippen LogP contribution in [-0.4, -0.2) is 65.1 Å². The number of hydrogen-bond acceptors (Lipinski definition) is 10. The minimum absolute atomic E-state index is 0.375. The van der Waals surface area contributed by atoms with E-state index in [1.165, 1.54) is 0 Å². The maximum atomic E-state index is 13.2. The van der Waals surface area contributed by atoms with Gasteiger partial charge in [-0.2, -0.15) is 26.3 Å². The minimum Gasteiger partial charge on any atom is -0.289 e. The Kier molecular flexibility index (Phi) is 7.05. The van der Waals surface area contributed by atoms with E-state index in [1.54, 1.807) is 9.44 Å². The van der Waals surface area contributed by atoms with E-state index >= 15 is 0 Å². The Balaban J connectivity index is 2.11. The molecule has 36 heavy (non-hydrogen) atoms. The Hall–Kier alpha value is -2.58. The highest BCUT2D eigenvalue weighted by Gasteiger charge is 2.37. The first-order chi connectivity index (χ1) is 16.3. The molecule has 18 heteroatoms. The lowest BCUT2D eigenvalue weighted by atomic mass is 9.84. The summed E-state index contributed by atoms with van der Waals surface area (Å²) in [5.41, 5.74) is -1.83. The number of carbonyl (C=O) groups is 2. The largest absolute Gasteiger partial charge is 0.289 e. The summed E-state index contributed by atoms with van der Waals surface area (Å²) in [5.74, 6) is -1.94. The van der Waals surface area contributed by atoms with E-state index in [9.17, 15) is 43.3 Å². The second-order valence-corrected chi connectivity index (χ2v) is 14.5. The van der Waals surface area contributed by atoms with Gasteiger partial charge in [0.15, 0.2) is 11.6 Å². The van der Waals surface area contributed by atoms with Crippen molar-refractivity contribution in [2.45, 2.75) is 34.4 Å².